The normalized spacial score (nSPS) is 13.3. The number of ether oxygens (including phenoxy) is 2. The van der Waals surface area contributed by atoms with Crippen molar-refractivity contribution in [1.29, 1.82) is 0 Å². The van der Waals surface area contributed by atoms with Gasteiger partial charge < -0.3 is 27.9 Å². The third-order valence-corrected chi connectivity index (χ3v) is 19.0. The highest BCUT2D eigenvalue weighted by Crippen LogP contribution is 2.38. The number of rotatable bonds is 75. The molecule has 10 heteroatoms. The van der Waals surface area contributed by atoms with Crippen LogP contribution < -0.4 is 4.89 Å². The Morgan fingerprint density at radius 3 is 0.924 bits per heavy atom. The summed E-state index contributed by atoms with van der Waals surface area (Å²) >= 11 is 0. The van der Waals surface area contributed by atoms with E-state index in [-0.39, 0.29) is 32.0 Å². The molecule has 0 saturated carbocycles. The third-order valence-electron chi connectivity index (χ3n) is 18.1. The lowest BCUT2D eigenvalue weighted by Gasteiger charge is -2.28. The summed E-state index contributed by atoms with van der Waals surface area (Å²) in [6.07, 6.45) is 97.8. The van der Waals surface area contributed by atoms with Crippen LogP contribution in [0, 0.1) is 0 Å². The molecule has 2 atom stereocenters. The molecular weight excluding hydrogens is 1160 g/mol. The predicted molar refractivity (Wildman–Crippen MR) is 397 cm³/mol. The molecule has 2 unspecified atom stereocenters. The number of phosphoric ester groups is 1. The molecule has 0 radical (unpaired) electrons. The van der Waals surface area contributed by atoms with Crippen LogP contribution in [0.5, 0.6) is 0 Å². The number of hydrogen-bond acceptors (Lipinski definition) is 8. The minimum absolute atomic E-state index is 0.0296. The molecule has 0 aromatic rings. The first-order chi connectivity index (χ1) is 45.0. The topological polar surface area (TPSA) is 111 Å². The number of phosphoric acid groups is 1. The van der Waals surface area contributed by atoms with Crippen molar-refractivity contribution in [2.45, 2.75) is 405 Å². The first-order valence-electron chi connectivity index (χ1n) is 40.0. The van der Waals surface area contributed by atoms with Crippen LogP contribution in [0.4, 0.5) is 0 Å². The van der Waals surface area contributed by atoms with Gasteiger partial charge in [-0.05, 0) is 57.8 Å². The lowest BCUT2D eigenvalue weighted by atomic mass is 10.0. The minimum Gasteiger partial charge on any atom is -0.756 e. The highest BCUT2D eigenvalue weighted by molar-refractivity contribution is 7.45. The summed E-state index contributed by atoms with van der Waals surface area (Å²) in [6.45, 7) is 4.20. The molecular formula is C82H154NO8P. The monoisotopic (exact) mass is 1310 g/mol. The average Bonchev–Trinajstić information content (AvgIpc) is 2.14. The van der Waals surface area contributed by atoms with E-state index < -0.39 is 26.5 Å². The van der Waals surface area contributed by atoms with E-state index in [4.69, 9.17) is 18.5 Å². The van der Waals surface area contributed by atoms with Crippen LogP contribution in [-0.4, -0.2) is 70.0 Å². The van der Waals surface area contributed by atoms with E-state index in [9.17, 15) is 19.0 Å². The van der Waals surface area contributed by atoms with Crippen LogP contribution >= 0.6 is 7.82 Å². The molecule has 0 aliphatic rings. The van der Waals surface area contributed by atoms with Crippen LogP contribution in [-0.2, 0) is 32.7 Å². The summed E-state index contributed by atoms with van der Waals surface area (Å²) in [7, 11) is 1.18. The average molecular weight is 1310 g/mol. The van der Waals surface area contributed by atoms with Crippen molar-refractivity contribution in [2.75, 3.05) is 47.5 Å². The smallest absolute Gasteiger partial charge is 0.306 e. The fourth-order valence-corrected chi connectivity index (χ4v) is 12.7. The van der Waals surface area contributed by atoms with Gasteiger partial charge in [0.1, 0.15) is 19.8 Å². The van der Waals surface area contributed by atoms with Gasteiger partial charge in [-0.1, -0.05) is 389 Å². The van der Waals surface area contributed by atoms with Gasteiger partial charge in [-0.25, -0.2) is 0 Å². The molecule has 0 aliphatic carbocycles. The second-order valence-corrected chi connectivity index (χ2v) is 29.8. The molecule has 0 aromatic heterocycles. The lowest BCUT2D eigenvalue weighted by molar-refractivity contribution is -0.870. The Morgan fingerprint density at radius 1 is 0.348 bits per heavy atom. The first-order valence-corrected chi connectivity index (χ1v) is 41.5. The Balaban J connectivity index is 3.91. The summed E-state index contributed by atoms with van der Waals surface area (Å²) in [5, 5.41) is 0. The highest BCUT2D eigenvalue weighted by Gasteiger charge is 2.22. The van der Waals surface area contributed by atoms with Gasteiger partial charge in [-0.15, -0.1) is 0 Å². The Hall–Kier alpha value is -2.29. The van der Waals surface area contributed by atoms with Crippen LogP contribution in [0.3, 0.4) is 0 Å². The fraction of sp³-hybridized carbons (Fsp3) is 0.854. The molecule has 9 nitrogen and oxygen atoms in total. The van der Waals surface area contributed by atoms with E-state index in [0.717, 1.165) is 70.6 Å². The van der Waals surface area contributed by atoms with E-state index in [1.165, 1.54) is 295 Å². The largest absolute Gasteiger partial charge is 0.756 e. The number of esters is 2. The standard InChI is InChI=1S/C82H154NO8P/c1-6-8-10-12-14-16-18-20-22-24-26-28-30-32-34-36-38-39-40-41-42-43-45-46-48-50-52-54-56-58-60-62-64-66-68-70-72-74-81(84)88-78-80(79-90-92(86,87)89-77-76-83(3,4)5)91-82(85)75-73-71-69-67-65-63-61-59-57-55-53-51-49-47-44-37-35-33-31-29-27-25-23-21-19-17-15-13-11-9-7-2/h9,11,15,17,21,23,27,29,33,35,80H,6-8,10,12-14,16,18-20,22,24-26,28,30-32,34,36-79H2,1-5H3/b11-9-,17-15-,23-21-,29-27-,35-33-. The van der Waals surface area contributed by atoms with Crippen LogP contribution in [0.1, 0.15) is 399 Å². The Morgan fingerprint density at radius 2 is 0.620 bits per heavy atom. The molecule has 0 fully saturated rings. The number of nitrogens with zero attached hydrogens (tertiary/aromatic N) is 1. The highest BCUT2D eigenvalue weighted by atomic mass is 31.2. The van der Waals surface area contributed by atoms with Crippen molar-refractivity contribution in [3.8, 4) is 0 Å². The number of likely N-dealkylation sites (N-methyl/N-ethyl adjacent to an activating group) is 1. The molecule has 0 bridgehead atoms. The summed E-state index contributed by atoms with van der Waals surface area (Å²) < 4.78 is 34.4. The maximum absolute atomic E-state index is 12.9. The predicted octanol–water partition coefficient (Wildman–Crippen LogP) is 25.9. The summed E-state index contributed by atoms with van der Waals surface area (Å²) in [5.41, 5.74) is 0. The molecule has 0 heterocycles. The van der Waals surface area contributed by atoms with Gasteiger partial charge in [0.05, 0.1) is 27.7 Å². The molecule has 0 saturated heterocycles. The van der Waals surface area contributed by atoms with Crippen LogP contribution in [0.25, 0.3) is 0 Å². The van der Waals surface area contributed by atoms with Crippen molar-refractivity contribution in [3.05, 3.63) is 60.8 Å². The summed E-state index contributed by atoms with van der Waals surface area (Å²) in [6, 6.07) is 0. The zero-order chi connectivity index (χ0) is 66.9. The van der Waals surface area contributed by atoms with Gasteiger partial charge in [-0.2, -0.15) is 0 Å². The van der Waals surface area contributed by atoms with Gasteiger partial charge in [0.25, 0.3) is 7.82 Å². The van der Waals surface area contributed by atoms with Crippen LogP contribution in [0.2, 0.25) is 0 Å². The number of carbonyl (C=O) groups excluding carboxylic acids is 2. The second kappa shape index (κ2) is 73.0. The summed E-state index contributed by atoms with van der Waals surface area (Å²) in [5.74, 6) is -0.814. The second-order valence-electron chi connectivity index (χ2n) is 28.4. The van der Waals surface area contributed by atoms with Crippen molar-refractivity contribution < 1.29 is 42.1 Å². The summed E-state index contributed by atoms with van der Waals surface area (Å²) in [4.78, 5) is 38.2. The van der Waals surface area contributed by atoms with Gasteiger partial charge in [-0.3, -0.25) is 14.2 Å². The number of quaternary nitrogens is 1. The Kier molecular flexibility index (Phi) is 71.2. The zero-order valence-electron chi connectivity index (χ0n) is 61.8. The number of hydrogen-bond donors (Lipinski definition) is 0. The van der Waals surface area contributed by atoms with Gasteiger partial charge in [0.15, 0.2) is 6.10 Å². The number of carbonyl (C=O) groups is 2. The van der Waals surface area contributed by atoms with E-state index in [1.54, 1.807) is 0 Å². The van der Waals surface area contributed by atoms with E-state index in [0.29, 0.717) is 17.4 Å². The van der Waals surface area contributed by atoms with Gasteiger partial charge in [0, 0.05) is 12.8 Å². The lowest BCUT2D eigenvalue weighted by Crippen LogP contribution is -2.37. The number of allylic oxidation sites excluding steroid dienone is 10. The molecule has 0 rings (SSSR count). The zero-order valence-corrected chi connectivity index (χ0v) is 62.7. The molecule has 0 spiro atoms. The Bertz CT molecular complexity index is 1740. The maximum Gasteiger partial charge on any atom is 0.306 e. The number of unbranched alkanes of at least 4 members (excludes halogenated alkanes) is 51. The van der Waals surface area contributed by atoms with Crippen LogP contribution in [0.15, 0.2) is 60.8 Å². The van der Waals surface area contributed by atoms with Crippen molar-refractivity contribution in [1.82, 2.24) is 0 Å². The van der Waals surface area contributed by atoms with Crippen molar-refractivity contribution in [2.24, 2.45) is 0 Å². The molecule has 0 amide bonds. The first kappa shape index (κ1) is 89.7. The molecule has 540 valence electrons. The maximum atomic E-state index is 12.9. The molecule has 0 aromatic carbocycles. The molecule has 92 heavy (non-hydrogen) atoms. The van der Waals surface area contributed by atoms with Gasteiger partial charge >= 0.3 is 11.9 Å². The SMILES string of the molecule is CC/C=C\C/C=C\C/C=C\C/C=C\C/C=C\CCCCCCCCCCCCCCCCCC(=O)OC(COC(=O)CCCCCCCCCCCCCCCCCCCCCCCCCCCCCCCCCCCCCCC)COP(=O)([O-])OCC[N+](C)(C)C. The molecule has 0 aliphatic heterocycles. The van der Waals surface area contributed by atoms with Crippen molar-refractivity contribution >= 4 is 19.8 Å². The quantitative estimate of drug-likeness (QED) is 0.0195. The van der Waals surface area contributed by atoms with Gasteiger partial charge in [0.2, 0.25) is 0 Å². The molecule has 0 N–H and O–H groups in total. The Labute approximate surface area is 572 Å². The van der Waals surface area contributed by atoms with E-state index >= 15 is 0 Å². The fourth-order valence-electron chi connectivity index (χ4n) is 12.0. The third kappa shape index (κ3) is 76.7. The van der Waals surface area contributed by atoms with E-state index in [1.807, 2.05) is 21.1 Å². The van der Waals surface area contributed by atoms with E-state index in [2.05, 4.69) is 74.6 Å². The van der Waals surface area contributed by atoms with Crippen molar-refractivity contribution in [3.63, 3.8) is 0 Å². The minimum atomic E-state index is -4.64.